The fourth-order valence-corrected chi connectivity index (χ4v) is 1.11. The lowest BCUT2D eigenvalue weighted by Crippen LogP contribution is -2.38. The van der Waals surface area contributed by atoms with Gasteiger partial charge in [-0.15, -0.1) is 6.58 Å². The van der Waals surface area contributed by atoms with E-state index in [1.54, 1.807) is 33.8 Å². The molecule has 0 unspecified atom stereocenters. The van der Waals surface area contributed by atoms with E-state index in [0.717, 1.165) is 0 Å². The third kappa shape index (κ3) is 6.88. The van der Waals surface area contributed by atoms with E-state index in [1.165, 1.54) is 0 Å². The molecule has 0 aliphatic carbocycles. The lowest BCUT2D eigenvalue weighted by molar-refractivity contribution is 0.0511. The van der Waals surface area contributed by atoms with Crippen molar-refractivity contribution >= 4 is 6.09 Å². The molecule has 0 aromatic heterocycles. The zero-order valence-corrected chi connectivity index (χ0v) is 10.4. The zero-order valence-electron chi connectivity index (χ0n) is 10.4. The van der Waals surface area contributed by atoms with Gasteiger partial charge in [-0.05, 0) is 34.1 Å². The number of carbonyl (C=O) groups is 1. The van der Waals surface area contributed by atoms with Gasteiger partial charge in [-0.3, -0.25) is 0 Å². The number of alkyl carbamates (subject to hydrolysis) is 1. The fraction of sp³-hybridized carbons (Fsp3) is 0.667. The molecule has 0 aromatic rings. The highest BCUT2D eigenvalue weighted by Gasteiger charge is 2.19. The molecule has 0 saturated carbocycles. The minimum atomic E-state index is -0.517. The van der Waals surface area contributed by atoms with Gasteiger partial charge in [-0.2, -0.15) is 5.26 Å². The summed E-state index contributed by atoms with van der Waals surface area (Å²) < 4.78 is 5.10. The molecule has 90 valence electrons. The molecule has 2 atom stereocenters. The van der Waals surface area contributed by atoms with E-state index < -0.39 is 11.7 Å². The van der Waals surface area contributed by atoms with Crippen LogP contribution in [0, 0.1) is 17.2 Å². The molecule has 4 heteroatoms. The molecule has 0 aliphatic heterocycles. The van der Waals surface area contributed by atoms with Crippen molar-refractivity contribution in [1.29, 1.82) is 5.26 Å². The number of nitrogens with one attached hydrogen (secondary N) is 1. The van der Waals surface area contributed by atoms with Gasteiger partial charge in [-0.25, -0.2) is 4.79 Å². The number of rotatable bonds is 4. The Morgan fingerprint density at radius 1 is 1.62 bits per heavy atom. The SMILES string of the molecule is C=C[C@@H](C[C@H](C)C#N)NC(=O)OC(C)(C)C. The number of ether oxygens (including phenoxy) is 1. The molecule has 0 aliphatic rings. The minimum Gasteiger partial charge on any atom is -0.444 e. The van der Waals surface area contributed by atoms with Crippen LogP contribution in [0.25, 0.3) is 0 Å². The number of hydrogen-bond donors (Lipinski definition) is 1. The van der Waals surface area contributed by atoms with Crippen LogP contribution in [-0.4, -0.2) is 17.7 Å². The Morgan fingerprint density at radius 3 is 2.56 bits per heavy atom. The first-order valence-electron chi connectivity index (χ1n) is 5.30. The van der Waals surface area contributed by atoms with Crippen molar-refractivity contribution in [1.82, 2.24) is 5.32 Å². The van der Waals surface area contributed by atoms with Gasteiger partial charge in [0.25, 0.3) is 0 Å². The quantitative estimate of drug-likeness (QED) is 0.746. The highest BCUT2D eigenvalue weighted by atomic mass is 16.6. The fourth-order valence-electron chi connectivity index (χ4n) is 1.11. The van der Waals surface area contributed by atoms with Crippen molar-refractivity contribution < 1.29 is 9.53 Å². The molecule has 0 fully saturated rings. The van der Waals surface area contributed by atoms with Crippen molar-refractivity contribution in [3.63, 3.8) is 0 Å². The summed E-state index contributed by atoms with van der Waals surface area (Å²) in [5.74, 6) is -0.127. The van der Waals surface area contributed by atoms with E-state index in [0.29, 0.717) is 6.42 Å². The molecule has 1 N–H and O–H groups in total. The maximum absolute atomic E-state index is 11.4. The molecule has 0 radical (unpaired) electrons. The van der Waals surface area contributed by atoms with Gasteiger partial charge >= 0.3 is 6.09 Å². The average molecular weight is 224 g/mol. The van der Waals surface area contributed by atoms with Crippen LogP contribution in [0.2, 0.25) is 0 Å². The maximum Gasteiger partial charge on any atom is 0.408 e. The Bertz CT molecular complexity index is 286. The summed E-state index contributed by atoms with van der Waals surface area (Å²) in [6.45, 7) is 10.8. The molecule has 0 heterocycles. The average Bonchev–Trinajstić information content (AvgIpc) is 2.13. The number of amides is 1. The van der Waals surface area contributed by atoms with Crippen LogP contribution in [0.4, 0.5) is 4.79 Å². The van der Waals surface area contributed by atoms with E-state index in [-0.39, 0.29) is 12.0 Å². The van der Waals surface area contributed by atoms with E-state index in [2.05, 4.69) is 18.0 Å². The Morgan fingerprint density at radius 2 is 2.19 bits per heavy atom. The summed E-state index contributed by atoms with van der Waals surface area (Å²) in [6, 6.07) is 1.88. The lowest BCUT2D eigenvalue weighted by atomic mass is 10.0. The molecule has 0 spiro atoms. The van der Waals surface area contributed by atoms with Crippen LogP contribution in [0.5, 0.6) is 0 Å². The van der Waals surface area contributed by atoms with E-state index >= 15 is 0 Å². The summed E-state index contributed by atoms with van der Waals surface area (Å²) in [6.07, 6.45) is 1.67. The van der Waals surface area contributed by atoms with Crippen LogP contribution < -0.4 is 5.32 Å². The minimum absolute atomic E-state index is 0.127. The standard InChI is InChI=1S/C12H20N2O2/c1-6-10(7-9(2)8-13)14-11(15)16-12(3,4)5/h6,9-10H,1,7H2,2-5H3,(H,14,15)/t9-,10-/m0/s1. The van der Waals surface area contributed by atoms with E-state index in [9.17, 15) is 4.79 Å². The largest absolute Gasteiger partial charge is 0.444 e. The van der Waals surface area contributed by atoms with Crippen LogP contribution in [-0.2, 0) is 4.74 Å². The predicted octanol–water partition coefficient (Wildman–Crippen LogP) is 2.62. The summed E-state index contributed by atoms with van der Waals surface area (Å²) in [4.78, 5) is 11.4. The van der Waals surface area contributed by atoms with Crippen LogP contribution in [0.1, 0.15) is 34.1 Å². The van der Waals surface area contributed by atoms with Crippen LogP contribution >= 0.6 is 0 Å². The first-order chi connectivity index (χ1) is 7.28. The second-order valence-corrected chi connectivity index (χ2v) is 4.75. The molecule has 16 heavy (non-hydrogen) atoms. The summed E-state index contributed by atoms with van der Waals surface area (Å²) in [5.41, 5.74) is -0.517. The highest BCUT2D eigenvalue weighted by molar-refractivity contribution is 5.68. The van der Waals surface area contributed by atoms with Crippen molar-refractivity contribution in [2.45, 2.75) is 45.8 Å². The smallest absolute Gasteiger partial charge is 0.408 e. The van der Waals surface area contributed by atoms with E-state index in [4.69, 9.17) is 10.00 Å². The van der Waals surface area contributed by atoms with Crippen molar-refractivity contribution in [2.75, 3.05) is 0 Å². The molecular weight excluding hydrogens is 204 g/mol. The monoisotopic (exact) mass is 224 g/mol. The Kier molecular flexibility index (Phi) is 5.59. The van der Waals surface area contributed by atoms with Gasteiger partial charge in [0, 0.05) is 5.92 Å². The summed E-state index contributed by atoms with van der Waals surface area (Å²) in [5, 5.41) is 11.3. The molecule has 0 saturated heterocycles. The topological polar surface area (TPSA) is 62.1 Å². The number of nitrogens with zero attached hydrogens (tertiary/aromatic N) is 1. The Hall–Kier alpha value is -1.50. The first kappa shape index (κ1) is 14.5. The molecule has 0 aromatic carbocycles. The predicted molar refractivity (Wildman–Crippen MR) is 62.7 cm³/mol. The zero-order chi connectivity index (χ0) is 12.8. The molecular formula is C12H20N2O2. The third-order valence-corrected chi connectivity index (χ3v) is 1.81. The first-order valence-corrected chi connectivity index (χ1v) is 5.30. The van der Waals surface area contributed by atoms with Gasteiger partial charge in [0.15, 0.2) is 0 Å². The molecule has 0 bridgehead atoms. The van der Waals surface area contributed by atoms with Gasteiger partial charge in [0.05, 0.1) is 12.1 Å². The van der Waals surface area contributed by atoms with Crippen molar-refractivity contribution in [2.24, 2.45) is 5.92 Å². The summed E-state index contributed by atoms with van der Waals surface area (Å²) in [7, 11) is 0. The highest BCUT2D eigenvalue weighted by Crippen LogP contribution is 2.09. The third-order valence-electron chi connectivity index (χ3n) is 1.81. The van der Waals surface area contributed by atoms with E-state index in [1.807, 2.05) is 0 Å². The Labute approximate surface area is 97.3 Å². The second kappa shape index (κ2) is 6.16. The lowest BCUT2D eigenvalue weighted by Gasteiger charge is -2.22. The van der Waals surface area contributed by atoms with Crippen LogP contribution in [0.3, 0.4) is 0 Å². The summed E-state index contributed by atoms with van der Waals surface area (Å²) >= 11 is 0. The van der Waals surface area contributed by atoms with Crippen molar-refractivity contribution in [3.05, 3.63) is 12.7 Å². The van der Waals surface area contributed by atoms with Gasteiger partial charge in [0.2, 0.25) is 0 Å². The maximum atomic E-state index is 11.4. The molecule has 4 nitrogen and oxygen atoms in total. The second-order valence-electron chi connectivity index (χ2n) is 4.75. The van der Waals surface area contributed by atoms with Gasteiger partial charge in [-0.1, -0.05) is 6.08 Å². The molecule has 0 rings (SSSR count). The van der Waals surface area contributed by atoms with Gasteiger partial charge in [0.1, 0.15) is 5.60 Å². The number of carbonyl (C=O) groups excluding carboxylic acids is 1. The number of nitriles is 1. The normalized spacial score (nSPS) is 14.4. The Balaban J connectivity index is 4.19. The van der Waals surface area contributed by atoms with Crippen molar-refractivity contribution in [3.8, 4) is 6.07 Å². The van der Waals surface area contributed by atoms with Gasteiger partial charge < -0.3 is 10.1 Å². The van der Waals surface area contributed by atoms with Crippen LogP contribution in [0.15, 0.2) is 12.7 Å². The molecule has 1 amide bonds. The number of hydrogen-bond acceptors (Lipinski definition) is 3.